The van der Waals surface area contributed by atoms with E-state index < -0.39 is 0 Å². The fourth-order valence-electron chi connectivity index (χ4n) is 2.50. The van der Waals surface area contributed by atoms with Crippen molar-refractivity contribution in [2.45, 2.75) is 52.0 Å². The molecule has 1 fully saturated rings. The van der Waals surface area contributed by atoms with Crippen LogP contribution in [-0.2, 0) is 4.74 Å². The van der Waals surface area contributed by atoms with Crippen LogP contribution in [-0.4, -0.2) is 23.6 Å². The van der Waals surface area contributed by atoms with Crippen LogP contribution in [0.1, 0.15) is 56.4 Å². The van der Waals surface area contributed by atoms with Crippen molar-refractivity contribution >= 4 is 22.4 Å². The molecular weight excluding hydrogens is 260 g/mol. The molecule has 1 aliphatic carbocycles. The van der Waals surface area contributed by atoms with Crippen LogP contribution in [0.3, 0.4) is 0 Å². The highest BCUT2D eigenvalue weighted by molar-refractivity contribution is 7.13. The molecule has 0 spiro atoms. The number of carbonyl (C=O) groups excluding carboxylic acids is 1. The number of thiazole rings is 1. The molecule has 5 heteroatoms. The van der Waals surface area contributed by atoms with Gasteiger partial charge in [-0.15, -0.1) is 11.3 Å². The van der Waals surface area contributed by atoms with Crippen LogP contribution in [0, 0.1) is 5.92 Å². The van der Waals surface area contributed by atoms with Crippen LogP contribution >= 0.6 is 11.3 Å². The maximum Gasteiger partial charge on any atom is 0.357 e. The minimum absolute atomic E-state index is 0.333. The lowest BCUT2D eigenvalue weighted by Gasteiger charge is -2.22. The molecule has 1 aliphatic rings. The van der Waals surface area contributed by atoms with Crippen molar-refractivity contribution in [1.29, 1.82) is 0 Å². The summed E-state index contributed by atoms with van der Waals surface area (Å²) < 4.78 is 4.95. The third kappa shape index (κ3) is 3.93. The number of hydrogen-bond acceptors (Lipinski definition) is 5. The number of rotatable bonds is 4. The first-order valence-electron chi connectivity index (χ1n) is 7.10. The molecule has 2 atom stereocenters. The molecule has 19 heavy (non-hydrogen) atoms. The minimum atomic E-state index is -0.333. The van der Waals surface area contributed by atoms with Gasteiger partial charge in [-0.1, -0.05) is 26.2 Å². The Labute approximate surface area is 118 Å². The quantitative estimate of drug-likeness (QED) is 0.676. The molecule has 2 unspecified atom stereocenters. The molecule has 0 saturated heterocycles. The van der Waals surface area contributed by atoms with E-state index in [1.165, 1.54) is 43.4 Å². The lowest BCUT2D eigenvalue weighted by atomic mass is 9.97. The second kappa shape index (κ2) is 6.89. The van der Waals surface area contributed by atoms with Crippen LogP contribution in [0.2, 0.25) is 0 Å². The number of aromatic nitrogens is 1. The van der Waals surface area contributed by atoms with Crippen molar-refractivity contribution in [3.63, 3.8) is 0 Å². The number of nitrogens with zero attached hydrogens (tertiary/aromatic N) is 1. The summed E-state index contributed by atoms with van der Waals surface area (Å²) in [6, 6.07) is 0.476. The number of nitrogens with one attached hydrogen (secondary N) is 1. The molecule has 0 bridgehead atoms. The number of hydrogen-bond donors (Lipinski definition) is 1. The van der Waals surface area contributed by atoms with Crippen molar-refractivity contribution < 1.29 is 9.53 Å². The van der Waals surface area contributed by atoms with Gasteiger partial charge < -0.3 is 10.1 Å². The molecule has 106 valence electrons. The Morgan fingerprint density at radius 1 is 1.47 bits per heavy atom. The Bertz CT molecular complexity index is 419. The van der Waals surface area contributed by atoms with Gasteiger partial charge in [0.05, 0.1) is 6.61 Å². The molecule has 2 rings (SSSR count). The highest BCUT2D eigenvalue weighted by Crippen LogP contribution is 2.27. The molecule has 4 nitrogen and oxygen atoms in total. The van der Waals surface area contributed by atoms with Gasteiger partial charge in [-0.25, -0.2) is 9.78 Å². The maximum atomic E-state index is 11.6. The molecule has 1 heterocycles. The van der Waals surface area contributed by atoms with Crippen LogP contribution in [0.5, 0.6) is 0 Å². The number of esters is 1. The summed E-state index contributed by atoms with van der Waals surface area (Å²) in [6.07, 6.45) is 6.39. The van der Waals surface area contributed by atoms with E-state index in [1.54, 1.807) is 12.3 Å². The largest absolute Gasteiger partial charge is 0.461 e. The molecule has 0 radical (unpaired) electrons. The molecule has 1 saturated carbocycles. The zero-order chi connectivity index (χ0) is 13.7. The van der Waals surface area contributed by atoms with E-state index in [2.05, 4.69) is 17.2 Å². The predicted octanol–water partition coefficient (Wildman–Crippen LogP) is 3.70. The zero-order valence-electron chi connectivity index (χ0n) is 11.6. The van der Waals surface area contributed by atoms with E-state index in [4.69, 9.17) is 4.74 Å². The molecular formula is C14H22N2O2S. The second-order valence-electron chi connectivity index (χ2n) is 5.12. The van der Waals surface area contributed by atoms with Gasteiger partial charge in [0, 0.05) is 11.4 Å². The van der Waals surface area contributed by atoms with Crippen molar-refractivity contribution in [2.75, 3.05) is 11.9 Å². The van der Waals surface area contributed by atoms with Gasteiger partial charge >= 0.3 is 5.97 Å². The molecule has 1 aromatic heterocycles. The Morgan fingerprint density at radius 2 is 2.26 bits per heavy atom. The van der Waals surface area contributed by atoms with Gasteiger partial charge in [0.2, 0.25) is 0 Å². The third-order valence-electron chi connectivity index (χ3n) is 3.66. The first-order chi connectivity index (χ1) is 9.20. The summed E-state index contributed by atoms with van der Waals surface area (Å²) in [5, 5.41) is 6.09. The van der Waals surface area contributed by atoms with Crippen molar-refractivity contribution in [3.8, 4) is 0 Å². The van der Waals surface area contributed by atoms with Crippen LogP contribution in [0.15, 0.2) is 5.38 Å². The summed E-state index contributed by atoms with van der Waals surface area (Å²) in [7, 11) is 0. The van der Waals surface area contributed by atoms with Gasteiger partial charge in [0.1, 0.15) is 0 Å². The van der Waals surface area contributed by atoms with E-state index in [-0.39, 0.29) is 5.97 Å². The van der Waals surface area contributed by atoms with E-state index in [0.717, 1.165) is 5.13 Å². The molecule has 1 aromatic rings. The third-order valence-corrected chi connectivity index (χ3v) is 4.43. The average molecular weight is 282 g/mol. The normalized spacial score (nSPS) is 23.7. The van der Waals surface area contributed by atoms with Crippen LogP contribution < -0.4 is 5.32 Å². The Balaban J connectivity index is 1.96. The van der Waals surface area contributed by atoms with Gasteiger partial charge in [-0.2, -0.15) is 0 Å². The maximum absolute atomic E-state index is 11.6. The minimum Gasteiger partial charge on any atom is -0.461 e. The Morgan fingerprint density at radius 3 is 3.05 bits per heavy atom. The fraction of sp³-hybridized carbons (Fsp3) is 0.714. The van der Waals surface area contributed by atoms with Gasteiger partial charge in [0.15, 0.2) is 10.8 Å². The van der Waals surface area contributed by atoms with E-state index >= 15 is 0 Å². The summed E-state index contributed by atoms with van der Waals surface area (Å²) in [5.41, 5.74) is 0.413. The number of carbonyl (C=O) groups is 1. The summed E-state index contributed by atoms with van der Waals surface area (Å²) in [5.74, 6) is 0.332. The first kappa shape index (κ1) is 14.3. The van der Waals surface area contributed by atoms with E-state index in [9.17, 15) is 4.79 Å². The van der Waals surface area contributed by atoms with Gasteiger partial charge in [0.25, 0.3) is 0 Å². The fourth-order valence-corrected chi connectivity index (χ4v) is 3.25. The van der Waals surface area contributed by atoms with E-state index in [1.807, 2.05) is 0 Å². The zero-order valence-corrected chi connectivity index (χ0v) is 12.5. The van der Waals surface area contributed by atoms with Crippen molar-refractivity contribution in [3.05, 3.63) is 11.1 Å². The number of ether oxygens (including phenoxy) is 1. The van der Waals surface area contributed by atoms with Crippen molar-refractivity contribution in [2.24, 2.45) is 5.92 Å². The van der Waals surface area contributed by atoms with Crippen molar-refractivity contribution in [1.82, 2.24) is 4.98 Å². The monoisotopic (exact) mass is 282 g/mol. The van der Waals surface area contributed by atoms with Gasteiger partial charge in [-0.3, -0.25) is 0 Å². The highest BCUT2D eigenvalue weighted by Gasteiger charge is 2.21. The van der Waals surface area contributed by atoms with Crippen LogP contribution in [0.25, 0.3) is 0 Å². The average Bonchev–Trinajstić information content (AvgIpc) is 2.76. The molecule has 0 aromatic carbocycles. The van der Waals surface area contributed by atoms with Gasteiger partial charge in [-0.05, 0) is 25.7 Å². The predicted molar refractivity (Wildman–Crippen MR) is 77.7 cm³/mol. The molecule has 1 N–H and O–H groups in total. The van der Waals surface area contributed by atoms with E-state index in [0.29, 0.717) is 24.3 Å². The van der Waals surface area contributed by atoms with Crippen LogP contribution in [0.4, 0.5) is 5.13 Å². The topological polar surface area (TPSA) is 51.2 Å². The molecule has 0 aliphatic heterocycles. The lowest BCUT2D eigenvalue weighted by molar-refractivity contribution is 0.0520. The summed E-state index contributed by atoms with van der Waals surface area (Å²) in [6.45, 7) is 4.48. The second-order valence-corrected chi connectivity index (χ2v) is 5.98. The summed E-state index contributed by atoms with van der Waals surface area (Å²) >= 11 is 1.48. The molecule has 0 amide bonds. The Hall–Kier alpha value is -1.10. The smallest absolute Gasteiger partial charge is 0.357 e. The lowest BCUT2D eigenvalue weighted by Crippen LogP contribution is -2.26. The Kier molecular flexibility index (Phi) is 5.19. The first-order valence-corrected chi connectivity index (χ1v) is 7.98. The highest BCUT2D eigenvalue weighted by atomic mass is 32.1. The standard InChI is InChI=1S/C14H22N2O2S/c1-3-18-13(17)12-9-19-14(16-12)15-11-8-6-4-5-7-10(11)2/h9-11H,3-8H2,1-2H3,(H,15,16). The SMILES string of the molecule is CCOC(=O)c1csc(NC2CCCCCC2C)n1. The number of anilines is 1. The summed E-state index contributed by atoms with van der Waals surface area (Å²) in [4.78, 5) is 15.9.